The highest BCUT2D eigenvalue weighted by Crippen LogP contribution is 2.38. The van der Waals surface area contributed by atoms with Crippen molar-refractivity contribution >= 4 is 37.8 Å². The second-order valence-electron chi connectivity index (χ2n) is 6.71. The fraction of sp³-hybridized carbons (Fsp3) is 0.667. The molecule has 1 N–H and O–H groups in total. The van der Waals surface area contributed by atoms with Gasteiger partial charge in [-0.25, -0.2) is 8.42 Å². The van der Waals surface area contributed by atoms with Gasteiger partial charge >= 0.3 is 5.69 Å². The number of rotatable bonds is 6. The van der Waals surface area contributed by atoms with Gasteiger partial charge in [0.05, 0.1) is 4.92 Å². The number of thiophene rings is 1. The molecular formula is C15H23N3O5S2. The third-order valence-electron chi connectivity index (χ3n) is 4.02. The summed E-state index contributed by atoms with van der Waals surface area (Å²) in [6, 6.07) is 1.08. The first-order valence-corrected chi connectivity index (χ1v) is 10.8. The zero-order valence-electron chi connectivity index (χ0n) is 14.5. The summed E-state index contributed by atoms with van der Waals surface area (Å²) in [6.45, 7) is 5.20. The normalized spacial score (nSPS) is 16.2. The molecule has 0 spiro atoms. The quantitative estimate of drug-likeness (QED) is 0.591. The number of hydrogen-bond donors (Lipinski definition) is 1. The average molecular weight is 389 g/mol. The third-order valence-corrected chi connectivity index (χ3v) is 6.87. The van der Waals surface area contributed by atoms with Crippen molar-refractivity contribution in [2.75, 3.05) is 24.7 Å². The van der Waals surface area contributed by atoms with Crippen LogP contribution in [0.5, 0.6) is 0 Å². The predicted octanol–water partition coefficient (Wildman–Crippen LogP) is 2.51. The number of sulfone groups is 1. The van der Waals surface area contributed by atoms with E-state index in [1.165, 1.54) is 0 Å². The Morgan fingerprint density at radius 2 is 2.04 bits per heavy atom. The Morgan fingerprint density at radius 1 is 1.44 bits per heavy atom. The molecule has 1 amide bonds. The molecule has 1 aliphatic rings. The predicted molar refractivity (Wildman–Crippen MR) is 96.8 cm³/mol. The van der Waals surface area contributed by atoms with Gasteiger partial charge in [0.2, 0.25) is 5.91 Å². The van der Waals surface area contributed by atoms with Gasteiger partial charge in [-0.2, -0.15) is 0 Å². The first kappa shape index (κ1) is 19.6. The third kappa shape index (κ3) is 5.15. The number of nitrogens with one attached hydrogen (secondary N) is 1. The summed E-state index contributed by atoms with van der Waals surface area (Å²) in [4.78, 5) is 24.5. The Kier molecular flexibility index (Phi) is 6.04. The van der Waals surface area contributed by atoms with Gasteiger partial charge < -0.3 is 10.2 Å². The molecule has 1 saturated heterocycles. The highest BCUT2D eigenvalue weighted by atomic mass is 32.2. The van der Waals surface area contributed by atoms with Crippen LogP contribution >= 0.6 is 11.3 Å². The Bertz CT molecular complexity index is 749. The molecule has 0 aliphatic carbocycles. The first-order chi connectivity index (χ1) is 11.6. The Labute approximate surface area is 151 Å². The van der Waals surface area contributed by atoms with Crippen LogP contribution in [0.3, 0.4) is 0 Å². The van der Waals surface area contributed by atoms with E-state index in [1.807, 2.05) is 18.7 Å². The van der Waals surface area contributed by atoms with Crippen molar-refractivity contribution in [1.29, 1.82) is 0 Å². The Balaban J connectivity index is 2.03. The zero-order valence-corrected chi connectivity index (χ0v) is 16.2. The van der Waals surface area contributed by atoms with Gasteiger partial charge in [-0.15, -0.1) is 0 Å². The number of likely N-dealkylation sites (tertiary alicyclic amines) is 1. The fourth-order valence-electron chi connectivity index (χ4n) is 2.72. The molecule has 140 valence electrons. The minimum Gasteiger partial charge on any atom is -0.368 e. The lowest BCUT2D eigenvalue weighted by Gasteiger charge is -2.33. The molecule has 0 aromatic carbocycles. The van der Waals surface area contributed by atoms with E-state index in [9.17, 15) is 23.3 Å². The molecule has 0 unspecified atom stereocenters. The minimum atomic E-state index is -3.49. The molecule has 1 fully saturated rings. The fourth-order valence-corrected chi connectivity index (χ4v) is 4.73. The van der Waals surface area contributed by atoms with Crippen LogP contribution in [0.25, 0.3) is 0 Å². The standard InChI is InChI=1S/C15H23N3O5S2/c1-10(2)8-13(19)17-6-4-11(5-7-17)16-15-12(18(20)21)9-14(24-15)25(3,22)23/h9-11,16H,4-8H2,1-3H3. The topological polar surface area (TPSA) is 110 Å². The molecule has 8 nitrogen and oxygen atoms in total. The number of carbonyl (C=O) groups is 1. The summed E-state index contributed by atoms with van der Waals surface area (Å²) >= 11 is 0.883. The highest BCUT2D eigenvalue weighted by Gasteiger charge is 2.28. The number of amides is 1. The SMILES string of the molecule is CC(C)CC(=O)N1CCC(Nc2sc(S(C)(=O)=O)cc2[N+](=O)[O-])CC1. The van der Waals surface area contributed by atoms with Gasteiger partial charge in [-0.05, 0) is 18.8 Å². The lowest BCUT2D eigenvalue weighted by atomic mass is 10.0. The van der Waals surface area contributed by atoms with Crippen molar-refractivity contribution in [2.45, 2.75) is 43.4 Å². The Morgan fingerprint density at radius 3 is 2.52 bits per heavy atom. The first-order valence-electron chi connectivity index (χ1n) is 8.10. The summed E-state index contributed by atoms with van der Waals surface area (Å²) < 4.78 is 23.2. The van der Waals surface area contributed by atoms with E-state index in [1.54, 1.807) is 0 Å². The van der Waals surface area contributed by atoms with Crippen LogP contribution in [0.4, 0.5) is 10.7 Å². The van der Waals surface area contributed by atoms with Crippen molar-refractivity contribution in [2.24, 2.45) is 5.92 Å². The largest absolute Gasteiger partial charge is 0.368 e. The van der Waals surface area contributed by atoms with Crippen LogP contribution in [-0.4, -0.2) is 49.5 Å². The number of carbonyl (C=O) groups excluding carboxylic acids is 1. The maximum absolute atomic E-state index is 12.1. The van der Waals surface area contributed by atoms with E-state index in [2.05, 4.69) is 5.32 Å². The second-order valence-corrected chi connectivity index (χ2v) is 10.0. The molecule has 0 bridgehead atoms. The molecular weight excluding hydrogens is 366 g/mol. The van der Waals surface area contributed by atoms with Crippen LogP contribution in [0.1, 0.15) is 33.1 Å². The average Bonchev–Trinajstić information content (AvgIpc) is 2.91. The molecule has 2 rings (SSSR count). The van der Waals surface area contributed by atoms with Crippen molar-refractivity contribution in [1.82, 2.24) is 4.90 Å². The maximum atomic E-state index is 12.1. The molecule has 25 heavy (non-hydrogen) atoms. The van der Waals surface area contributed by atoms with E-state index in [-0.39, 0.29) is 26.8 Å². The van der Waals surface area contributed by atoms with E-state index in [0.29, 0.717) is 38.3 Å². The van der Waals surface area contributed by atoms with Gasteiger partial charge in [0.1, 0.15) is 4.21 Å². The number of piperidine rings is 1. The summed E-state index contributed by atoms with van der Waals surface area (Å²) in [5.74, 6) is 0.446. The van der Waals surface area contributed by atoms with Crippen molar-refractivity contribution in [3.05, 3.63) is 16.2 Å². The lowest BCUT2D eigenvalue weighted by Crippen LogP contribution is -2.42. The van der Waals surface area contributed by atoms with Gasteiger partial charge in [-0.3, -0.25) is 14.9 Å². The number of hydrogen-bond acceptors (Lipinski definition) is 7. The van der Waals surface area contributed by atoms with Gasteiger partial charge in [0.15, 0.2) is 14.8 Å². The van der Waals surface area contributed by atoms with Crippen molar-refractivity contribution in [3.8, 4) is 0 Å². The highest BCUT2D eigenvalue weighted by molar-refractivity contribution is 7.92. The molecule has 10 heteroatoms. The van der Waals surface area contributed by atoms with Crippen LogP contribution in [0.2, 0.25) is 0 Å². The van der Waals surface area contributed by atoms with Gasteiger partial charge in [0.25, 0.3) is 0 Å². The number of nitro groups is 1. The maximum Gasteiger partial charge on any atom is 0.304 e. The van der Waals surface area contributed by atoms with E-state index in [4.69, 9.17) is 0 Å². The molecule has 1 aromatic heterocycles. The second kappa shape index (κ2) is 7.69. The molecule has 1 aromatic rings. The zero-order chi connectivity index (χ0) is 18.8. The summed E-state index contributed by atoms with van der Waals surface area (Å²) in [6.07, 6.45) is 2.90. The molecule has 0 radical (unpaired) electrons. The van der Waals surface area contributed by atoms with E-state index < -0.39 is 14.8 Å². The van der Waals surface area contributed by atoms with E-state index in [0.717, 1.165) is 23.7 Å². The van der Waals surface area contributed by atoms with Gasteiger partial charge in [-0.1, -0.05) is 25.2 Å². The van der Waals surface area contributed by atoms with Crippen LogP contribution in [0, 0.1) is 16.0 Å². The molecule has 0 saturated carbocycles. The molecule has 0 atom stereocenters. The summed E-state index contributed by atoms with van der Waals surface area (Å²) in [7, 11) is -3.49. The van der Waals surface area contributed by atoms with Gasteiger partial charge in [0, 0.05) is 37.9 Å². The number of nitrogens with zero attached hydrogens (tertiary/aromatic N) is 2. The van der Waals surface area contributed by atoms with Crippen molar-refractivity contribution in [3.63, 3.8) is 0 Å². The number of anilines is 1. The molecule has 1 aliphatic heterocycles. The van der Waals surface area contributed by atoms with Crippen LogP contribution in [0.15, 0.2) is 10.3 Å². The monoisotopic (exact) mass is 389 g/mol. The minimum absolute atomic E-state index is 0.0205. The van der Waals surface area contributed by atoms with E-state index >= 15 is 0 Å². The van der Waals surface area contributed by atoms with Crippen LogP contribution < -0.4 is 5.32 Å². The smallest absolute Gasteiger partial charge is 0.304 e. The summed E-state index contributed by atoms with van der Waals surface area (Å²) in [5, 5.41) is 14.5. The lowest BCUT2D eigenvalue weighted by molar-refractivity contribution is -0.383. The van der Waals surface area contributed by atoms with Crippen LogP contribution in [-0.2, 0) is 14.6 Å². The van der Waals surface area contributed by atoms with Crippen molar-refractivity contribution < 1.29 is 18.1 Å². The Hall–Kier alpha value is -1.68. The summed E-state index contributed by atoms with van der Waals surface area (Å²) in [5.41, 5.74) is -0.219. The molecule has 2 heterocycles.